The van der Waals surface area contributed by atoms with E-state index in [1.165, 1.54) is 68.3 Å². The second-order valence-corrected chi connectivity index (χ2v) is 8.78. The Labute approximate surface area is 175 Å². The molecule has 0 aliphatic carbocycles. The summed E-state index contributed by atoms with van der Waals surface area (Å²) in [5.41, 5.74) is 2.71. The van der Waals surface area contributed by atoms with Gasteiger partial charge in [-0.3, -0.25) is 4.90 Å². The van der Waals surface area contributed by atoms with Crippen molar-refractivity contribution in [1.29, 1.82) is 0 Å². The van der Waals surface area contributed by atoms with Gasteiger partial charge in [-0.1, -0.05) is 37.3 Å². The van der Waals surface area contributed by atoms with E-state index >= 15 is 0 Å². The summed E-state index contributed by atoms with van der Waals surface area (Å²) in [6, 6.07) is 10.8. The molecule has 1 aromatic carbocycles. The third-order valence-corrected chi connectivity index (χ3v) is 6.52. The van der Waals surface area contributed by atoms with Crippen LogP contribution in [0.4, 0.5) is 5.13 Å². The first-order valence-corrected chi connectivity index (χ1v) is 11.8. The summed E-state index contributed by atoms with van der Waals surface area (Å²) in [6.45, 7) is 10.3. The number of nitrogens with zero attached hydrogens (tertiary/aromatic N) is 4. The molecule has 154 valence electrons. The van der Waals surface area contributed by atoms with Gasteiger partial charge in [-0.2, -0.15) is 0 Å². The van der Waals surface area contributed by atoms with Gasteiger partial charge < -0.3 is 9.80 Å². The Morgan fingerprint density at radius 3 is 2.54 bits per heavy atom. The zero-order chi connectivity index (χ0) is 19.6. The van der Waals surface area contributed by atoms with Crippen LogP contribution in [0.5, 0.6) is 0 Å². The zero-order valence-electron chi connectivity index (χ0n) is 17.6. The van der Waals surface area contributed by atoms with Gasteiger partial charge in [0.05, 0.1) is 5.69 Å². The smallest absolute Gasteiger partial charge is 0.185 e. The molecular formula is C23H36N4S. The Morgan fingerprint density at radius 1 is 1.00 bits per heavy atom. The SMILES string of the molecule is CCCN1CCN(c2nc(CCN(C)CCCCc3ccccc3)cs2)CC1. The lowest BCUT2D eigenvalue weighted by Crippen LogP contribution is -2.46. The molecule has 2 aromatic rings. The summed E-state index contributed by atoms with van der Waals surface area (Å²) in [4.78, 5) is 12.4. The van der Waals surface area contributed by atoms with E-state index in [0.29, 0.717) is 0 Å². The van der Waals surface area contributed by atoms with Crippen LogP contribution in [-0.2, 0) is 12.8 Å². The maximum atomic E-state index is 4.91. The van der Waals surface area contributed by atoms with Crippen LogP contribution < -0.4 is 4.90 Å². The van der Waals surface area contributed by atoms with Gasteiger partial charge in [0.15, 0.2) is 5.13 Å². The van der Waals surface area contributed by atoms with E-state index in [9.17, 15) is 0 Å². The highest BCUT2D eigenvalue weighted by molar-refractivity contribution is 7.13. The summed E-state index contributed by atoms with van der Waals surface area (Å²) in [5, 5.41) is 3.48. The molecule has 0 spiro atoms. The lowest BCUT2D eigenvalue weighted by atomic mass is 10.1. The van der Waals surface area contributed by atoms with E-state index in [2.05, 4.69) is 64.4 Å². The number of aromatic nitrogens is 1. The van der Waals surface area contributed by atoms with Crippen LogP contribution >= 0.6 is 11.3 Å². The van der Waals surface area contributed by atoms with Gasteiger partial charge in [0.25, 0.3) is 0 Å². The average Bonchev–Trinajstić information content (AvgIpc) is 3.20. The maximum Gasteiger partial charge on any atom is 0.185 e. The van der Waals surface area contributed by atoms with Gasteiger partial charge in [-0.25, -0.2) is 4.98 Å². The fraction of sp³-hybridized carbons (Fsp3) is 0.609. The highest BCUT2D eigenvalue weighted by Crippen LogP contribution is 2.22. The van der Waals surface area contributed by atoms with Crippen molar-refractivity contribution in [2.45, 2.75) is 39.0 Å². The minimum absolute atomic E-state index is 1.06. The second kappa shape index (κ2) is 11.5. The molecule has 28 heavy (non-hydrogen) atoms. The van der Waals surface area contributed by atoms with Crippen molar-refractivity contribution in [3.63, 3.8) is 0 Å². The number of likely N-dealkylation sites (N-methyl/N-ethyl adjacent to an activating group) is 1. The lowest BCUT2D eigenvalue weighted by molar-refractivity contribution is 0.258. The van der Waals surface area contributed by atoms with E-state index in [1.54, 1.807) is 0 Å². The van der Waals surface area contributed by atoms with Gasteiger partial charge in [0.2, 0.25) is 0 Å². The fourth-order valence-electron chi connectivity index (χ4n) is 3.81. The van der Waals surface area contributed by atoms with E-state index in [4.69, 9.17) is 4.98 Å². The van der Waals surface area contributed by atoms with Crippen molar-refractivity contribution >= 4 is 16.5 Å². The van der Waals surface area contributed by atoms with Crippen molar-refractivity contribution in [2.24, 2.45) is 0 Å². The molecule has 0 bridgehead atoms. The van der Waals surface area contributed by atoms with Gasteiger partial charge in [-0.15, -0.1) is 11.3 Å². The number of hydrogen-bond acceptors (Lipinski definition) is 5. The van der Waals surface area contributed by atoms with Crippen molar-refractivity contribution in [1.82, 2.24) is 14.8 Å². The van der Waals surface area contributed by atoms with Crippen LogP contribution in [0.15, 0.2) is 35.7 Å². The number of aryl methyl sites for hydroxylation is 1. The van der Waals surface area contributed by atoms with Gasteiger partial charge in [0.1, 0.15) is 0 Å². The predicted octanol–water partition coefficient (Wildman–Crippen LogP) is 4.17. The minimum Gasteiger partial charge on any atom is -0.346 e. The molecule has 1 aliphatic rings. The summed E-state index contributed by atoms with van der Waals surface area (Å²) >= 11 is 1.82. The molecule has 0 unspecified atom stereocenters. The summed E-state index contributed by atoms with van der Waals surface area (Å²) in [5.74, 6) is 0. The highest BCUT2D eigenvalue weighted by atomic mass is 32.1. The fourth-order valence-corrected chi connectivity index (χ4v) is 4.72. The number of benzene rings is 1. The quantitative estimate of drug-likeness (QED) is 0.528. The van der Waals surface area contributed by atoms with E-state index < -0.39 is 0 Å². The summed E-state index contributed by atoms with van der Waals surface area (Å²) in [7, 11) is 2.24. The molecule has 0 saturated carbocycles. The monoisotopic (exact) mass is 400 g/mol. The Morgan fingerprint density at radius 2 is 1.79 bits per heavy atom. The number of hydrogen-bond donors (Lipinski definition) is 0. The molecule has 0 N–H and O–H groups in total. The number of piperazine rings is 1. The second-order valence-electron chi connectivity index (χ2n) is 7.95. The standard InChI is InChI=1S/C23H36N4S/c1-3-13-26-16-18-27(19-17-26)23-24-22(20-28-23)12-15-25(2)14-8-7-11-21-9-5-4-6-10-21/h4-6,9-10,20H,3,7-8,11-19H2,1-2H3. The highest BCUT2D eigenvalue weighted by Gasteiger charge is 2.18. The average molecular weight is 401 g/mol. The first-order valence-electron chi connectivity index (χ1n) is 10.9. The number of unbranched alkanes of at least 4 members (excludes halogenated alkanes) is 1. The van der Waals surface area contributed by atoms with Gasteiger partial charge in [-0.05, 0) is 51.4 Å². The maximum absolute atomic E-state index is 4.91. The first-order chi connectivity index (χ1) is 13.7. The predicted molar refractivity (Wildman–Crippen MR) is 122 cm³/mol. The van der Waals surface area contributed by atoms with E-state index in [0.717, 1.165) is 26.1 Å². The topological polar surface area (TPSA) is 22.6 Å². The number of rotatable bonds is 11. The zero-order valence-corrected chi connectivity index (χ0v) is 18.5. The third-order valence-electron chi connectivity index (χ3n) is 5.57. The summed E-state index contributed by atoms with van der Waals surface area (Å²) in [6.07, 6.45) is 6.02. The Kier molecular flexibility index (Phi) is 8.77. The van der Waals surface area contributed by atoms with Crippen LogP contribution in [-0.4, -0.2) is 67.6 Å². The Bertz CT molecular complexity index is 664. The molecule has 4 nitrogen and oxygen atoms in total. The minimum atomic E-state index is 1.06. The molecule has 1 aromatic heterocycles. The van der Waals surface area contributed by atoms with E-state index in [1.807, 2.05) is 11.3 Å². The molecular weight excluding hydrogens is 364 g/mol. The molecule has 5 heteroatoms. The molecule has 2 heterocycles. The Balaban J connectivity index is 1.31. The first kappa shape index (κ1) is 21.3. The van der Waals surface area contributed by atoms with Crippen LogP contribution in [0.2, 0.25) is 0 Å². The molecule has 3 rings (SSSR count). The Hall–Kier alpha value is -1.43. The van der Waals surface area contributed by atoms with Crippen LogP contribution in [0.3, 0.4) is 0 Å². The van der Waals surface area contributed by atoms with E-state index in [-0.39, 0.29) is 0 Å². The largest absolute Gasteiger partial charge is 0.346 e. The van der Waals surface area contributed by atoms with Crippen molar-refractivity contribution < 1.29 is 0 Å². The van der Waals surface area contributed by atoms with Crippen molar-refractivity contribution in [2.75, 3.05) is 57.8 Å². The van der Waals surface area contributed by atoms with Crippen LogP contribution in [0.25, 0.3) is 0 Å². The lowest BCUT2D eigenvalue weighted by Gasteiger charge is -2.34. The van der Waals surface area contributed by atoms with Gasteiger partial charge >= 0.3 is 0 Å². The van der Waals surface area contributed by atoms with Crippen LogP contribution in [0.1, 0.15) is 37.4 Å². The van der Waals surface area contributed by atoms with Crippen molar-refractivity contribution in [3.8, 4) is 0 Å². The van der Waals surface area contributed by atoms with Crippen LogP contribution in [0, 0.1) is 0 Å². The molecule has 1 fully saturated rings. The van der Waals surface area contributed by atoms with Crippen molar-refractivity contribution in [3.05, 3.63) is 47.0 Å². The third kappa shape index (κ3) is 6.87. The normalized spacial score (nSPS) is 15.5. The molecule has 1 saturated heterocycles. The number of anilines is 1. The molecule has 0 atom stereocenters. The molecule has 0 radical (unpaired) electrons. The number of thiazole rings is 1. The van der Waals surface area contributed by atoms with Gasteiger partial charge in [0, 0.05) is 44.5 Å². The summed E-state index contributed by atoms with van der Waals surface area (Å²) < 4.78 is 0. The molecule has 1 aliphatic heterocycles. The molecule has 0 amide bonds.